The van der Waals surface area contributed by atoms with E-state index in [1.807, 2.05) is 29.2 Å². The molecule has 3 aliphatic rings. The summed E-state index contributed by atoms with van der Waals surface area (Å²) in [7, 11) is 1.71. The van der Waals surface area contributed by atoms with Crippen LogP contribution in [0.2, 0.25) is 0 Å². The maximum atomic E-state index is 13.1. The van der Waals surface area contributed by atoms with E-state index in [-0.39, 0.29) is 12.1 Å². The fraction of sp³-hybridized carbons (Fsp3) is 0.708. The van der Waals surface area contributed by atoms with Gasteiger partial charge in [0.1, 0.15) is 6.61 Å². The van der Waals surface area contributed by atoms with Gasteiger partial charge in [-0.15, -0.1) is 0 Å². The Hall–Kier alpha value is -1.99. The zero-order chi connectivity index (χ0) is 21.5. The number of amides is 2. The van der Waals surface area contributed by atoms with Crippen LogP contribution in [0.3, 0.4) is 0 Å². The number of carbonyl (C=O) groups is 1. The lowest BCUT2D eigenvalue weighted by Crippen LogP contribution is -2.53. The molecule has 4 rings (SSSR count). The molecule has 1 N–H and O–H groups in total. The quantitative estimate of drug-likeness (QED) is 0.641. The number of nitrogens with zero attached hydrogens (tertiary/aromatic N) is 2. The first kappa shape index (κ1) is 22.2. The number of nitrogens with one attached hydrogen (secondary N) is 1. The topological polar surface area (TPSA) is 63.3 Å². The SMILES string of the molecule is COCCCN(CC1CCCN2CCCCC12)C(=O)NCC1COc2ccccc2O1. The fourth-order valence-electron chi connectivity index (χ4n) is 5.23. The van der Waals surface area contributed by atoms with Crippen LogP contribution in [-0.4, -0.2) is 81.0 Å². The number of hydrogen-bond acceptors (Lipinski definition) is 5. The van der Waals surface area contributed by atoms with E-state index >= 15 is 0 Å². The standard InChI is InChI=1S/C24H37N3O4/c1-29-15-7-14-27(17-19-8-6-13-26-12-5-4-9-21(19)26)24(28)25-16-20-18-30-22-10-2-3-11-23(22)31-20/h2-3,10-11,19-21H,4-9,12-18H2,1H3,(H,25,28). The van der Waals surface area contributed by atoms with Gasteiger partial charge in [-0.1, -0.05) is 18.6 Å². The largest absolute Gasteiger partial charge is 0.486 e. The summed E-state index contributed by atoms with van der Waals surface area (Å²) in [5, 5.41) is 3.10. The van der Waals surface area contributed by atoms with Gasteiger partial charge in [-0.2, -0.15) is 0 Å². The Labute approximate surface area is 186 Å². The van der Waals surface area contributed by atoms with Crippen LogP contribution in [0.15, 0.2) is 24.3 Å². The molecule has 3 aliphatic heterocycles. The first-order chi connectivity index (χ1) is 15.2. The third-order valence-electron chi connectivity index (χ3n) is 6.80. The number of hydrogen-bond donors (Lipinski definition) is 1. The van der Waals surface area contributed by atoms with Gasteiger partial charge in [0.15, 0.2) is 17.6 Å². The lowest BCUT2D eigenvalue weighted by atomic mass is 9.83. The van der Waals surface area contributed by atoms with Crippen molar-refractivity contribution >= 4 is 6.03 Å². The van der Waals surface area contributed by atoms with Gasteiger partial charge < -0.3 is 29.3 Å². The lowest BCUT2D eigenvalue weighted by Gasteiger charge is -2.45. The van der Waals surface area contributed by atoms with E-state index in [4.69, 9.17) is 14.2 Å². The molecule has 0 spiro atoms. The summed E-state index contributed by atoms with van der Waals surface area (Å²) >= 11 is 0. The summed E-state index contributed by atoms with van der Waals surface area (Å²) in [6, 6.07) is 8.29. The molecule has 2 saturated heterocycles. The van der Waals surface area contributed by atoms with Crippen LogP contribution in [0.1, 0.15) is 38.5 Å². The van der Waals surface area contributed by atoms with Crippen LogP contribution in [-0.2, 0) is 4.74 Å². The minimum absolute atomic E-state index is 0.00788. The zero-order valence-corrected chi connectivity index (χ0v) is 18.8. The number of urea groups is 1. The van der Waals surface area contributed by atoms with Crippen molar-refractivity contribution in [2.75, 3.05) is 53.0 Å². The summed E-state index contributed by atoms with van der Waals surface area (Å²) in [4.78, 5) is 17.8. The molecule has 0 aliphatic carbocycles. The maximum absolute atomic E-state index is 13.1. The lowest BCUT2D eigenvalue weighted by molar-refractivity contribution is 0.0438. The molecule has 7 heteroatoms. The highest BCUT2D eigenvalue weighted by Gasteiger charge is 2.34. The Morgan fingerprint density at radius 2 is 2.03 bits per heavy atom. The molecular weight excluding hydrogens is 394 g/mol. The van der Waals surface area contributed by atoms with Gasteiger partial charge in [-0.05, 0) is 63.2 Å². The van der Waals surface area contributed by atoms with Crippen LogP contribution in [0, 0.1) is 5.92 Å². The Balaban J connectivity index is 1.32. The number of piperidine rings is 2. The zero-order valence-electron chi connectivity index (χ0n) is 18.8. The highest BCUT2D eigenvalue weighted by atomic mass is 16.6. The first-order valence-corrected chi connectivity index (χ1v) is 11.9. The number of methoxy groups -OCH3 is 1. The van der Waals surface area contributed by atoms with E-state index < -0.39 is 0 Å². The van der Waals surface area contributed by atoms with Gasteiger partial charge in [-0.25, -0.2) is 4.79 Å². The van der Waals surface area contributed by atoms with Gasteiger partial charge in [-0.3, -0.25) is 0 Å². The predicted octanol–water partition coefficient (Wildman–Crippen LogP) is 3.14. The molecule has 3 unspecified atom stereocenters. The Morgan fingerprint density at radius 3 is 2.90 bits per heavy atom. The van der Waals surface area contributed by atoms with E-state index in [0.29, 0.717) is 38.3 Å². The molecule has 1 aromatic carbocycles. The minimum Gasteiger partial charge on any atom is -0.486 e. The fourth-order valence-corrected chi connectivity index (χ4v) is 5.23. The average molecular weight is 432 g/mol. The molecule has 0 radical (unpaired) electrons. The summed E-state index contributed by atoms with van der Waals surface area (Å²) < 4.78 is 17.0. The second-order valence-electron chi connectivity index (χ2n) is 8.98. The molecule has 0 bridgehead atoms. The van der Waals surface area contributed by atoms with Gasteiger partial charge in [0, 0.05) is 32.8 Å². The normalized spacial score (nSPS) is 25.5. The molecule has 0 saturated carbocycles. The summed E-state index contributed by atoms with van der Waals surface area (Å²) in [6.45, 7) is 5.53. The summed E-state index contributed by atoms with van der Waals surface area (Å²) in [5.41, 5.74) is 0. The number of benzene rings is 1. The van der Waals surface area contributed by atoms with E-state index in [0.717, 1.165) is 24.5 Å². The van der Waals surface area contributed by atoms with Gasteiger partial charge >= 0.3 is 6.03 Å². The van der Waals surface area contributed by atoms with E-state index in [1.54, 1.807) is 7.11 Å². The van der Waals surface area contributed by atoms with Gasteiger partial charge in [0.05, 0.1) is 6.54 Å². The number of fused-ring (bicyclic) bond motifs is 2. The Morgan fingerprint density at radius 1 is 1.19 bits per heavy atom. The van der Waals surface area contributed by atoms with Crippen LogP contribution in [0.5, 0.6) is 11.5 Å². The Kier molecular flexibility index (Phi) is 7.92. The van der Waals surface area contributed by atoms with Crippen molar-refractivity contribution in [2.45, 2.75) is 50.7 Å². The predicted molar refractivity (Wildman–Crippen MR) is 120 cm³/mol. The number of rotatable bonds is 8. The van der Waals surface area contributed by atoms with Crippen LogP contribution in [0.4, 0.5) is 4.79 Å². The molecule has 2 amide bonds. The second-order valence-corrected chi connectivity index (χ2v) is 8.98. The average Bonchev–Trinajstić information content (AvgIpc) is 2.82. The Bertz CT molecular complexity index is 714. The molecule has 172 valence electrons. The van der Waals surface area contributed by atoms with Crippen molar-refractivity contribution in [2.24, 2.45) is 5.92 Å². The van der Waals surface area contributed by atoms with Crippen molar-refractivity contribution in [3.05, 3.63) is 24.3 Å². The highest BCUT2D eigenvalue weighted by Crippen LogP contribution is 2.32. The number of para-hydroxylation sites is 2. The van der Waals surface area contributed by atoms with Crippen LogP contribution < -0.4 is 14.8 Å². The molecule has 3 heterocycles. The maximum Gasteiger partial charge on any atom is 0.317 e. The molecule has 1 aromatic rings. The first-order valence-electron chi connectivity index (χ1n) is 11.9. The van der Waals surface area contributed by atoms with E-state index in [1.165, 1.54) is 45.2 Å². The van der Waals surface area contributed by atoms with Crippen molar-refractivity contribution in [3.8, 4) is 11.5 Å². The van der Waals surface area contributed by atoms with Crippen molar-refractivity contribution in [1.82, 2.24) is 15.1 Å². The van der Waals surface area contributed by atoms with E-state index in [2.05, 4.69) is 10.2 Å². The summed E-state index contributed by atoms with van der Waals surface area (Å²) in [5.74, 6) is 2.06. The highest BCUT2D eigenvalue weighted by molar-refractivity contribution is 5.74. The molecule has 7 nitrogen and oxygen atoms in total. The minimum atomic E-state index is -0.178. The van der Waals surface area contributed by atoms with E-state index in [9.17, 15) is 4.79 Å². The summed E-state index contributed by atoms with van der Waals surface area (Å²) in [6.07, 6.45) is 7.02. The monoisotopic (exact) mass is 431 g/mol. The van der Waals surface area contributed by atoms with Crippen molar-refractivity contribution in [1.29, 1.82) is 0 Å². The van der Waals surface area contributed by atoms with Crippen LogP contribution >= 0.6 is 0 Å². The third kappa shape index (κ3) is 5.83. The van der Waals surface area contributed by atoms with Crippen molar-refractivity contribution in [3.63, 3.8) is 0 Å². The third-order valence-corrected chi connectivity index (χ3v) is 6.80. The molecule has 3 atom stereocenters. The smallest absolute Gasteiger partial charge is 0.317 e. The molecule has 0 aromatic heterocycles. The second kappa shape index (κ2) is 11.0. The van der Waals surface area contributed by atoms with Crippen LogP contribution in [0.25, 0.3) is 0 Å². The number of carbonyl (C=O) groups excluding carboxylic acids is 1. The van der Waals surface area contributed by atoms with Gasteiger partial charge in [0.2, 0.25) is 0 Å². The van der Waals surface area contributed by atoms with Gasteiger partial charge in [0.25, 0.3) is 0 Å². The van der Waals surface area contributed by atoms with Crippen molar-refractivity contribution < 1.29 is 19.0 Å². The molecule has 2 fully saturated rings. The molecular formula is C24H37N3O4. The molecule has 31 heavy (non-hydrogen) atoms. The number of ether oxygens (including phenoxy) is 3.